The molecule has 1 atom stereocenters. The molecule has 0 bridgehead atoms. The van der Waals surface area contributed by atoms with E-state index < -0.39 is 6.10 Å². The molecular weight excluding hydrogens is 302 g/mol. The number of ether oxygens (including phenoxy) is 2. The summed E-state index contributed by atoms with van der Waals surface area (Å²) in [5, 5.41) is 2.94. The Hall–Kier alpha value is -2.49. The number of hydrogen-bond acceptors (Lipinski definition) is 3. The topological polar surface area (TPSA) is 47.6 Å². The lowest BCUT2D eigenvalue weighted by Crippen LogP contribution is -2.37. The van der Waals surface area contributed by atoms with Crippen LogP contribution in [0.4, 0.5) is 0 Å². The molecule has 2 aromatic carbocycles. The van der Waals surface area contributed by atoms with Gasteiger partial charge < -0.3 is 14.8 Å². The van der Waals surface area contributed by atoms with Crippen LogP contribution in [0.3, 0.4) is 0 Å². The standard InChI is InChI=1S/C20H25NO3/c1-4-18(24-19-12-7-6-9-15(19)3)20(22)21-14-16-10-8-11-17(13-16)23-5-2/h6-13,18H,4-5,14H2,1-3H3,(H,21,22)/t18-/m1/s1. The molecule has 2 aromatic rings. The molecule has 0 saturated carbocycles. The third-order valence-corrected chi connectivity index (χ3v) is 3.70. The maximum atomic E-state index is 12.4. The molecule has 0 unspecified atom stereocenters. The van der Waals surface area contributed by atoms with Gasteiger partial charge in [-0.1, -0.05) is 37.3 Å². The van der Waals surface area contributed by atoms with Crippen molar-refractivity contribution in [2.45, 2.75) is 39.8 Å². The van der Waals surface area contributed by atoms with Gasteiger partial charge in [-0.2, -0.15) is 0 Å². The number of amides is 1. The van der Waals surface area contributed by atoms with Crippen LogP contribution in [0.25, 0.3) is 0 Å². The monoisotopic (exact) mass is 327 g/mol. The lowest BCUT2D eigenvalue weighted by Gasteiger charge is -2.18. The number of carbonyl (C=O) groups is 1. The van der Waals surface area contributed by atoms with Crippen molar-refractivity contribution in [3.8, 4) is 11.5 Å². The lowest BCUT2D eigenvalue weighted by molar-refractivity contribution is -0.128. The van der Waals surface area contributed by atoms with Crippen molar-refractivity contribution in [2.24, 2.45) is 0 Å². The minimum atomic E-state index is -0.499. The summed E-state index contributed by atoms with van der Waals surface area (Å²) in [6.45, 7) is 6.94. The van der Waals surface area contributed by atoms with Crippen LogP contribution in [-0.2, 0) is 11.3 Å². The van der Waals surface area contributed by atoms with E-state index in [9.17, 15) is 4.79 Å². The molecule has 1 N–H and O–H groups in total. The van der Waals surface area contributed by atoms with Crippen molar-refractivity contribution in [1.29, 1.82) is 0 Å². The fraction of sp³-hybridized carbons (Fsp3) is 0.350. The summed E-state index contributed by atoms with van der Waals surface area (Å²) in [5.74, 6) is 1.45. The molecule has 2 rings (SSSR count). The molecule has 0 saturated heterocycles. The fourth-order valence-electron chi connectivity index (χ4n) is 2.38. The zero-order valence-electron chi connectivity index (χ0n) is 14.5. The SMILES string of the molecule is CCOc1cccc(CNC(=O)[C@@H](CC)Oc2ccccc2C)c1. The molecule has 128 valence electrons. The second-order valence-electron chi connectivity index (χ2n) is 5.58. The highest BCUT2D eigenvalue weighted by molar-refractivity contribution is 5.81. The number of nitrogens with one attached hydrogen (secondary N) is 1. The lowest BCUT2D eigenvalue weighted by atomic mass is 10.2. The minimum Gasteiger partial charge on any atom is -0.494 e. The van der Waals surface area contributed by atoms with Crippen LogP contribution in [0.5, 0.6) is 11.5 Å². The van der Waals surface area contributed by atoms with Crippen molar-refractivity contribution >= 4 is 5.91 Å². The molecule has 0 radical (unpaired) electrons. The van der Waals surface area contributed by atoms with Crippen LogP contribution in [-0.4, -0.2) is 18.6 Å². The largest absolute Gasteiger partial charge is 0.494 e. The number of para-hydroxylation sites is 1. The summed E-state index contributed by atoms with van der Waals surface area (Å²) in [5.41, 5.74) is 2.02. The number of aryl methyl sites for hydroxylation is 1. The Kier molecular flexibility index (Phi) is 6.67. The maximum Gasteiger partial charge on any atom is 0.261 e. The van der Waals surface area contributed by atoms with Gasteiger partial charge in [-0.3, -0.25) is 4.79 Å². The van der Waals surface area contributed by atoms with Crippen LogP contribution in [0.15, 0.2) is 48.5 Å². The van der Waals surface area contributed by atoms with Gasteiger partial charge in [-0.05, 0) is 49.6 Å². The van der Waals surface area contributed by atoms with Crippen LogP contribution in [0.2, 0.25) is 0 Å². The predicted octanol–water partition coefficient (Wildman–Crippen LogP) is 3.87. The number of rotatable bonds is 8. The molecular formula is C20H25NO3. The van der Waals surface area contributed by atoms with Crippen molar-refractivity contribution in [1.82, 2.24) is 5.32 Å². The van der Waals surface area contributed by atoms with E-state index in [-0.39, 0.29) is 5.91 Å². The van der Waals surface area contributed by atoms with Gasteiger partial charge in [-0.15, -0.1) is 0 Å². The molecule has 1 amide bonds. The molecule has 0 aliphatic heterocycles. The van der Waals surface area contributed by atoms with Crippen molar-refractivity contribution in [2.75, 3.05) is 6.61 Å². The van der Waals surface area contributed by atoms with Gasteiger partial charge in [0.15, 0.2) is 6.10 Å². The van der Waals surface area contributed by atoms with Crippen molar-refractivity contribution in [3.05, 3.63) is 59.7 Å². The Morgan fingerprint density at radius 2 is 1.92 bits per heavy atom. The van der Waals surface area contributed by atoms with Gasteiger partial charge in [-0.25, -0.2) is 0 Å². The Balaban J connectivity index is 1.94. The van der Waals surface area contributed by atoms with E-state index in [1.54, 1.807) is 0 Å². The van der Waals surface area contributed by atoms with E-state index in [1.165, 1.54) is 0 Å². The second kappa shape index (κ2) is 8.96. The zero-order chi connectivity index (χ0) is 17.4. The van der Waals surface area contributed by atoms with Gasteiger partial charge in [0, 0.05) is 6.54 Å². The molecule has 0 fully saturated rings. The average molecular weight is 327 g/mol. The third-order valence-electron chi connectivity index (χ3n) is 3.70. The van der Waals surface area contributed by atoms with Gasteiger partial charge in [0.1, 0.15) is 11.5 Å². The molecule has 0 aliphatic carbocycles. The van der Waals surface area contributed by atoms with Gasteiger partial charge >= 0.3 is 0 Å². The Labute approximate surface area is 143 Å². The van der Waals surface area contributed by atoms with Crippen LogP contribution >= 0.6 is 0 Å². The second-order valence-corrected chi connectivity index (χ2v) is 5.58. The van der Waals surface area contributed by atoms with E-state index in [2.05, 4.69) is 5.32 Å². The highest BCUT2D eigenvalue weighted by Gasteiger charge is 2.18. The first-order valence-electron chi connectivity index (χ1n) is 8.35. The van der Waals surface area contributed by atoms with Gasteiger partial charge in [0.25, 0.3) is 5.91 Å². The van der Waals surface area contributed by atoms with E-state index in [0.29, 0.717) is 19.6 Å². The van der Waals surface area contributed by atoms with Crippen molar-refractivity contribution in [3.63, 3.8) is 0 Å². The third kappa shape index (κ3) is 5.01. The summed E-state index contributed by atoms with van der Waals surface area (Å²) < 4.78 is 11.3. The Morgan fingerprint density at radius 1 is 1.12 bits per heavy atom. The zero-order valence-corrected chi connectivity index (χ0v) is 14.5. The van der Waals surface area contributed by atoms with Crippen LogP contribution in [0.1, 0.15) is 31.4 Å². The van der Waals surface area contributed by atoms with E-state index in [0.717, 1.165) is 22.6 Å². The summed E-state index contributed by atoms with van der Waals surface area (Å²) >= 11 is 0. The van der Waals surface area contributed by atoms with E-state index >= 15 is 0 Å². The molecule has 0 aromatic heterocycles. The quantitative estimate of drug-likeness (QED) is 0.801. The number of benzene rings is 2. The first-order valence-corrected chi connectivity index (χ1v) is 8.35. The minimum absolute atomic E-state index is 0.109. The molecule has 0 heterocycles. The smallest absolute Gasteiger partial charge is 0.261 e. The summed E-state index contributed by atoms with van der Waals surface area (Å²) in [7, 11) is 0. The molecule has 0 spiro atoms. The number of carbonyl (C=O) groups excluding carboxylic acids is 1. The molecule has 4 nitrogen and oxygen atoms in total. The fourth-order valence-corrected chi connectivity index (χ4v) is 2.38. The van der Waals surface area contributed by atoms with E-state index in [1.807, 2.05) is 69.3 Å². The molecule has 24 heavy (non-hydrogen) atoms. The van der Waals surface area contributed by atoms with E-state index in [4.69, 9.17) is 9.47 Å². The summed E-state index contributed by atoms with van der Waals surface area (Å²) in [4.78, 5) is 12.4. The Morgan fingerprint density at radius 3 is 2.62 bits per heavy atom. The summed E-state index contributed by atoms with van der Waals surface area (Å²) in [6, 6.07) is 15.5. The van der Waals surface area contributed by atoms with Crippen LogP contribution < -0.4 is 14.8 Å². The van der Waals surface area contributed by atoms with Crippen molar-refractivity contribution < 1.29 is 14.3 Å². The average Bonchev–Trinajstić information content (AvgIpc) is 2.59. The highest BCUT2D eigenvalue weighted by atomic mass is 16.5. The van der Waals surface area contributed by atoms with Crippen LogP contribution in [0, 0.1) is 6.92 Å². The van der Waals surface area contributed by atoms with Gasteiger partial charge in [0.05, 0.1) is 6.61 Å². The first-order chi connectivity index (χ1) is 11.6. The van der Waals surface area contributed by atoms with Gasteiger partial charge in [0.2, 0.25) is 0 Å². The molecule has 4 heteroatoms. The Bertz CT molecular complexity index is 669. The first kappa shape index (κ1) is 17.9. The summed E-state index contributed by atoms with van der Waals surface area (Å²) in [6.07, 6.45) is 0.111. The number of hydrogen-bond donors (Lipinski definition) is 1. The highest BCUT2D eigenvalue weighted by Crippen LogP contribution is 2.19. The maximum absolute atomic E-state index is 12.4. The molecule has 0 aliphatic rings. The normalized spacial score (nSPS) is 11.6. The predicted molar refractivity (Wildman–Crippen MR) is 95.3 cm³/mol.